The number of carbonyl (C=O) groups is 3. The smallest absolute Gasteiger partial charge is 0.306 e. The number of carbonyl (C=O) groups excluding carboxylic acids is 3. The second-order valence-electron chi connectivity index (χ2n) is 25.2. The average molecular weight is 1140 g/mol. The average Bonchev–Trinajstić information content (AvgIpc) is 3.47. The van der Waals surface area contributed by atoms with Crippen LogP contribution in [0.2, 0.25) is 0 Å². The van der Waals surface area contributed by atoms with Crippen LogP contribution in [-0.2, 0) is 28.6 Å². The minimum atomic E-state index is -0.775. The molecular weight excluding hydrogens is 997 g/mol. The molecule has 0 heterocycles. The number of esters is 3. The van der Waals surface area contributed by atoms with E-state index >= 15 is 0 Å². The molecule has 0 saturated heterocycles. The van der Waals surface area contributed by atoms with Crippen LogP contribution >= 0.6 is 0 Å². The van der Waals surface area contributed by atoms with Crippen LogP contribution in [0.25, 0.3) is 0 Å². The van der Waals surface area contributed by atoms with Crippen molar-refractivity contribution in [2.75, 3.05) is 13.2 Å². The van der Waals surface area contributed by atoms with Crippen LogP contribution in [0.5, 0.6) is 0 Å². The van der Waals surface area contributed by atoms with Crippen molar-refractivity contribution in [1.29, 1.82) is 0 Å². The fraction of sp³-hybridized carbons (Fsp3) is 0.907. The van der Waals surface area contributed by atoms with Crippen LogP contribution in [0.4, 0.5) is 0 Å². The monoisotopic (exact) mass is 1140 g/mol. The lowest BCUT2D eigenvalue weighted by molar-refractivity contribution is -0.167. The fourth-order valence-electron chi connectivity index (χ4n) is 11.4. The number of hydrogen-bond donors (Lipinski definition) is 0. The molecule has 478 valence electrons. The predicted molar refractivity (Wildman–Crippen MR) is 353 cm³/mol. The summed E-state index contributed by atoms with van der Waals surface area (Å²) >= 11 is 0. The first-order valence-corrected chi connectivity index (χ1v) is 36.8. The molecule has 0 saturated carbocycles. The Morgan fingerprint density at radius 2 is 0.407 bits per heavy atom. The highest BCUT2D eigenvalue weighted by molar-refractivity contribution is 5.71. The van der Waals surface area contributed by atoms with Crippen molar-refractivity contribution in [2.24, 2.45) is 0 Å². The van der Waals surface area contributed by atoms with Gasteiger partial charge in [-0.2, -0.15) is 0 Å². The molecule has 0 aromatic rings. The molecule has 0 aliphatic heterocycles. The normalized spacial score (nSPS) is 12.1. The largest absolute Gasteiger partial charge is 0.462 e. The predicted octanol–water partition coefficient (Wildman–Crippen LogP) is 25.3. The van der Waals surface area contributed by atoms with Crippen molar-refractivity contribution in [3.05, 3.63) is 24.3 Å². The zero-order valence-electron chi connectivity index (χ0n) is 55.1. The summed E-state index contributed by atoms with van der Waals surface area (Å²) in [5.74, 6) is -0.853. The summed E-state index contributed by atoms with van der Waals surface area (Å²) in [6, 6.07) is 0. The fourth-order valence-corrected chi connectivity index (χ4v) is 11.4. The molecule has 6 nitrogen and oxygen atoms in total. The molecule has 0 bridgehead atoms. The Bertz CT molecular complexity index is 1310. The van der Waals surface area contributed by atoms with Gasteiger partial charge in [-0.25, -0.2) is 0 Å². The van der Waals surface area contributed by atoms with E-state index in [4.69, 9.17) is 14.2 Å². The van der Waals surface area contributed by atoms with E-state index in [0.717, 1.165) is 64.2 Å². The summed E-state index contributed by atoms with van der Waals surface area (Å²) in [5.41, 5.74) is 0. The van der Waals surface area contributed by atoms with Crippen LogP contribution in [-0.4, -0.2) is 37.2 Å². The standard InChI is InChI=1S/C75H142O6/c1-4-7-10-13-16-19-22-25-28-30-32-33-34-35-36-37-38-39-40-41-42-43-44-46-47-50-53-56-59-62-65-68-74(77)80-71-72(70-79-73(76)67-64-61-58-55-52-49-27-24-21-18-15-12-9-6-3)81-75(78)69-66-63-60-57-54-51-48-45-31-29-26-23-20-17-14-11-8-5-2/h24,27,29,31,72H,4-23,25-26,28,30,32-71H2,1-3H3/b27-24-,31-29-. The summed E-state index contributed by atoms with van der Waals surface area (Å²) in [6.45, 7) is 6.70. The summed E-state index contributed by atoms with van der Waals surface area (Å²) in [6.07, 6.45) is 86.6. The van der Waals surface area contributed by atoms with Crippen molar-refractivity contribution in [1.82, 2.24) is 0 Å². The van der Waals surface area contributed by atoms with Crippen molar-refractivity contribution in [2.45, 2.75) is 425 Å². The van der Waals surface area contributed by atoms with Crippen LogP contribution < -0.4 is 0 Å². The first-order chi connectivity index (χ1) is 40.0. The lowest BCUT2D eigenvalue weighted by Crippen LogP contribution is -2.30. The molecular formula is C75H142O6. The van der Waals surface area contributed by atoms with Gasteiger partial charge in [-0.15, -0.1) is 0 Å². The Balaban J connectivity index is 4.14. The quantitative estimate of drug-likeness (QED) is 0.0261. The maximum atomic E-state index is 12.9. The summed E-state index contributed by atoms with van der Waals surface area (Å²) in [7, 11) is 0. The molecule has 6 heteroatoms. The molecule has 81 heavy (non-hydrogen) atoms. The number of rotatable bonds is 69. The second kappa shape index (κ2) is 70.4. The number of unbranched alkanes of at least 4 members (excludes halogenated alkanes) is 54. The maximum absolute atomic E-state index is 12.9. The van der Waals surface area contributed by atoms with E-state index in [0.29, 0.717) is 19.3 Å². The van der Waals surface area contributed by atoms with Gasteiger partial charge in [0.05, 0.1) is 0 Å². The molecule has 0 N–H and O–H groups in total. The van der Waals surface area contributed by atoms with E-state index in [1.54, 1.807) is 0 Å². The van der Waals surface area contributed by atoms with Gasteiger partial charge in [0.15, 0.2) is 6.10 Å². The van der Waals surface area contributed by atoms with E-state index in [1.807, 2.05) is 0 Å². The van der Waals surface area contributed by atoms with Crippen LogP contribution in [0.3, 0.4) is 0 Å². The van der Waals surface area contributed by atoms with Gasteiger partial charge in [0.1, 0.15) is 13.2 Å². The van der Waals surface area contributed by atoms with E-state index in [-0.39, 0.29) is 31.1 Å². The lowest BCUT2D eigenvalue weighted by atomic mass is 10.0. The molecule has 0 aromatic carbocycles. The number of hydrogen-bond acceptors (Lipinski definition) is 6. The third-order valence-corrected chi connectivity index (χ3v) is 16.9. The number of allylic oxidation sites excluding steroid dienone is 4. The van der Waals surface area contributed by atoms with Crippen LogP contribution in [0.1, 0.15) is 419 Å². The molecule has 0 amide bonds. The molecule has 0 aromatic heterocycles. The van der Waals surface area contributed by atoms with Gasteiger partial charge in [0.2, 0.25) is 0 Å². The molecule has 0 spiro atoms. The zero-order valence-corrected chi connectivity index (χ0v) is 55.1. The minimum absolute atomic E-state index is 0.0704. The van der Waals surface area contributed by atoms with Crippen LogP contribution in [0.15, 0.2) is 24.3 Å². The molecule has 0 aliphatic carbocycles. The van der Waals surface area contributed by atoms with E-state index in [9.17, 15) is 14.4 Å². The molecule has 1 atom stereocenters. The lowest BCUT2D eigenvalue weighted by Gasteiger charge is -2.18. The first-order valence-electron chi connectivity index (χ1n) is 36.8. The molecule has 0 radical (unpaired) electrons. The third kappa shape index (κ3) is 68.6. The van der Waals surface area contributed by atoms with Crippen molar-refractivity contribution in [3.63, 3.8) is 0 Å². The highest BCUT2D eigenvalue weighted by Gasteiger charge is 2.19. The Morgan fingerprint density at radius 1 is 0.235 bits per heavy atom. The third-order valence-electron chi connectivity index (χ3n) is 16.9. The van der Waals surface area contributed by atoms with Gasteiger partial charge in [-0.05, 0) is 70.6 Å². The maximum Gasteiger partial charge on any atom is 0.306 e. The number of ether oxygens (including phenoxy) is 3. The van der Waals surface area contributed by atoms with E-state index < -0.39 is 6.10 Å². The zero-order chi connectivity index (χ0) is 58.5. The van der Waals surface area contributed by atoms with Gasteiger partial charge in [0.25, 0.3) is 0 Å². The highest BCUT2D eigenvalue weighted by atomic mass is 16.6. The van der Waals surface area contributed by atoms with E-state index in [1.165, 1.54) is 315 Å². The van der Waals surface area contributed by atoms with Crippen molar-refractivity contribution < 1.29 is 28.6 Å². The van der Waals surface area contributed by atoms with Crippen LogP contribution in [0, 0.1) is 0 Å². The highest BCUT2D eigenvalue weighted by Crippen LogP contribution is 2.19. The second-order valence-corrected chi connectivity index (χ2v) is 25.2. The topological polar surface area (TPSA) is 78.9 Å². The molecule has 0 fully saturated rings. The van der Waals surface area contributed by atoms with Gasteiger partial charge in [-0.1, -0.05) is 353 Å². The summed E-state index contributed by atoms with van der Waals surface area (Å²) < 4.78 is 17.0. The van der Waals surface area contributed by atoms with Crippen molar-refractivity contribution in [3.8, 4) is 0 Å². The SMILES string of the molecule is CCCCCCC/C=C\CCCCCCCC(=O)OCC(COC(=O)CCCCCCCCCCCCCCCCCCCCCCCCCCCCCCCCC)OC(=O)CCCCCCCCC/C=C\CCCCCCCCC. The first kappa shape index (κ1) is 78.9. The van der Waals surface area contributed by atoms with E-state index in [2.05, 4.69) is 45.1 Å². The molecule has 0 aliphatic rings. The van der Waals surface area contributed by atoms with Gasteiger partial charge in [0, 0.05) is 19.3 Å². The van der Waals surface area contributed by atoms with Gasteiger partial charge >= 0.3 is 17.9 Å². The molecule has 1 unspecified atom stereocenters. The van der Waals surface area contributed by atoms with Crippen molar-refractivity contribution >= 4 is 17.9 Å². The Labute approximate surface area is 506 Å². The van der Waals surface area contributed by atoms with Gasteiger partial charge < -0.3 is 14.2 Å². The Hall–Kier alpha value is -2.11. The summed E-state index contributed by atoms with van der Waals surface area (Å²) in [4.78, 5) is 38.4. The molecule has 0 rings (SSSR count). The Kier molecular flexibility index (Phi) is 68.5. The minimum Gasteiger partial charge on any atom is -0.462 e. The van der Waals surface area contributed by atoms with Gasteiger partial charge in [-0.3, -0.25) is 14.4 Å². The Morgan fingerprint density at radius 3 is 0.617 bits per heavy atom. The summed E-state index contributed by atoms with van der Waals surface area (Å²) in [5, 5.41) is 0.